The standard InChI is InChI=1S/C21H28O2SSi/c1-25(2,3)19-15-12-18-14-9-10-16(11-14)21(18,13-15)20(19)24(22,23)17-7-5-4-6-8-17/h4-8,12,14-16,19-20H,9-11,13H2,1-3H3. The zero-order valence-electron chi connectivity index (χ0n) is 15.4. The molecule has 0 N–H and O–H groups in total. The van der Waals surface area contributed by atoms with E-state index in [9.17, 15) is 8.42 Å². The maximum Gasteiger partial charge on any atom is 0.182 e. The molecule has 5 rings (SSSR count). The van der Waals surface area contributed by atoms with Crippen molar-refractivity contribution in [1.82, 2.24) is 0 Å². The van der Waals surface area contributed by atoms with Crippen LogP contribution in [0.1, 0.15) is 25.7 Å². The SMILES string of the molecule is C[Si](C)(C)C1C2C=C3C4CCC(C4)C3(C2)C1S(=O)(=O)c1ccccc1. The summed E-state index contributed by atoms with van der Waals surface area (Å²) in [6.45, 7) is 7.13. The Morgan fingerprint density at radius 3 is 2.48 bits per heavy atom. The number of sulfone groups is 1. The molecule has 0 saturated heterocycles. The molecule has 0 aromatic heterocycles. The van der Waals surface area contributed by atoms with Crippen molar-refractivity contribution in [1.29, 1.82) is 0 Å². The molecule has 0 radical (unpaired) electrons. The molecule has 3 fully saturated rings. The van der Waals surface area contributed by atoms with E-state index in [4.69, 9.17) is 0 Å². The summed E-state index contributed by atoms with van der Waals surface area (Å²) in [6.07, 6.45) is 7.46. The summed E-state index contributed by atoms with van der Waals surface area (Å²) >= 11 is 0. The Labute approximate surface area is 152 Å². The summed E-state index contributed by atoms with van der Waals surface area (Å²) in [5.41, 5.74) is 1.90. The summed E-state index contributed by atoms with van der Waals surface area (Å²) in [5, 5.41) is -0.172. The number of hydrogen-bond acceptors (Lipinski definition) is 2. The Bertz CT molecular complexity index is 852. The molecular weight excluding hydrogens is 344 g/mol. The van der Waals surface area contributed by atoms with E-state index in [-0.39, 0.29) is 10.7 Å². The van der Waals surface area contributed by atoms with Gasteiger partial charge in [-0.2, -0.15) is 0 Å². The van der Waals surface area contributed by atoms with E-state index in [0.29, 0.717) is 28.2 Å². The molecule has 0 heterocycles. The molecule has 4 aliphatic carbocycles. The van der Waals surface area contributed by atoms with Crippen LogP contribution in [0.3, 0.4) is 0 Å². The van der Waals surface area contributed by atoms with E-state index >= 15 is 0 Å². The van der Waals surface area contributed by atoms with Crippen LogP contribution in [0, 0.1) is 23.2 Å². The lowest BCUT2D eigenvalue weighted by atomic mass is 9.69. The smallest absolute Gasteiger partial charge is 0.182 e. The van der Waals surface area contributed by atoms with Crippen molar-refractivity contribution < 1.29 is 8.42 Å². The predicted molar refractivity (Wildman–Crippen MR) is 104 cm³/mol. The first-order chi connectivity index (χ1) is 11.8. The average Bonchev–Trinajstić information content (AvgIpc) is 3.29. The largest absolute Gasteiger partial charge is 0.223 e. The minimum Gasteiger partial charge on any atom is -0.223 e. The maximum absolute atomic E-state index is 13.9. The normalized spacial score (nSPS) is 41.9. The van der Waals surface area contributed by atoms with Crippen LogP contribution in [0.25, 0.3) is 0 Å². The Morgan fingerprint density at radius 1 is 1.08 bits per heavy atom. The van der Waals surface area contributed by atoms with Crippen molar-refractivity contribution in [3.8, 4) is 0 Å². The number of hydrogen-bond donors (Lipinski definition) is 0. The number of benzene rings is 1. The van der Waals surface area contributed by atoms with E-state index in [0.717, 1.165) is 6.42 Å². The molecule has 0 amide bonds. The summed E-state index contributed by atoms with van der Waals surface area (Å²) in [4.78, 5) is 0.548. The first kappa shape index (κ1) is 16.3. The van der Waals surface area contributed by atoms with Crippen LogP contribution in [-0.2, 0) is 9.84 Å². The lowest BCUT2D eigenvalue weighted by Crippen LogP contribution is -2.49. The van der Waals surface area contributed by atoms with Crippen molar-refractivity contribution in [2.75, 3.05) is 0 Å². The summed E-state index contributed by atoms with van der Waals surface area (Å²) in [6, 6.07) is 9.29. The van der Waals surface area contributed by atoms with Gasteiger partial charge in [-0.3, -0.25) is 0 Å². The van der Waals surface area contributed by atoms with E-state index in [1.54, 1.807) is 5.57 Å². The monoisotopic (exact) mass is 372 g/mol. The van der Waals surface area contributed by atoms with Crippen molar-refractivity contribution in [2.24, 2.45) is 23.2 Å². The second kappa shape index (κ2) is 4.89. The van der Waals surface area contributed by atoms with Crippen molar-refractivity contribution in [2.45, 2.75) is 61.0 Å². The van der Waals surface area contributed by atoms with Gasteiger partial charge < -0.3 is 0 Å². The van der Waals surface area contributed by atoms with Gasteiger partial charge in [-0.05, 0) is 61.1 Å². The molecule has 1 spiro atoms. The fourth-order valence-electron chi connectivity index (χ4n) is 7.21. The molecule has 2 nitrogen and oxygen atoms in total. The Balaban J connectivity index is 1.72. The van der Waals surface area contributed by atoms with Crippen LogP contribution >= 0.6 is 0 Å². The molecule has 6 atom stereocenters. The first-order valence-electron chi connectivity index (χ1n) is 9.77. The maximum atomic E-state index is 13.9. The van der Waals surface area contributed by atoms with Gasteiger partial charge in [-0.15, -0.1) is 0 Å². The lowest BCUT2D eigenvalue weighted by Gasteiger charge is -2.46. The first-order valence-corrected chi connectivity index (χ1v) is 14.9. The van der Waals surface area contributed by atoms with Gasteiger partial charge >= 0.3 is 0 Å². The number of rotatable bonds is 3. The summed E-state index contributed by atoms with van der Waals surface area (Å²) in [5.74, 6) is 1.80. The van der Waals surface area contributed by atoms with E-state index < -0.39 is 17.9 Å². The molecule has 3 saturated carbocycles. The van der Waals surface area contributed by atoms with Crippen molar-refractivity contribution in [3.63, 3.8) is 0 Å². The second-order valence-corrected chi connectivity index (χ2v) is 17.4. The predicted octanol–water partition coefficient (Wildman–Crippen LogP) is 4.91. The number of fused-ring (bicyclic) bond motifs is 4. The summed E-state index contributed by atoms with van der Waals surface area (Å²) < 4.78 is 27.8. The van der Waals surface area contributed by atoms with Crippen LogP contribution in [0.2, 0.25) is 25.2 Å². The third kappa shape index (κ3) is 1.93. The highest BCUT2D eigenvalue weighted by Crippen LogP contribution is 2.75. The zero-order valence-corrected chi connectivity index (χ0v) is 17.2. The van der Waals surface area contributed by atoms with Gasteiger partial charge in [-0.1, -0.05) is 49.5 Å². The third-order valence-electron chi connectivity index (χ3n) is 7.81. The molecule has 134 valence electrons. The van der Waals surface area contributed by atoms with Gasteiger partial charge in [0.1, 0.15) is 0 Å². The highest BCUT2D eigenvalue weighted by Gasteiger charge is 2.72. The lowest BCUT2D eigenvalue weighted by molar-refractivity contribution is 0.245. The molecule has 0 aliphatic heterocycles. The van der Waals surface area contributed by atoms with Crippen molar-refractivity contribution >= 4 is 17.9 Å². The molecule has 1 aromatic rings. The zero-order chi connectivity index (χ0) is 17.6. The van der Waals surface area contributed by atoms with Gasteiger partial charge in [0.25, 0.3) is 0 Å². The van der Waals surface area contributed by atoms with Gasteiger partial charge in [0.05, 0.1) is 10.1 Å². The second-order valence-electron chi connectivity index (χ2n) is 9.91. The fraction of sp³-hybridized carbons (Fsp3) is 0.619. The Hall–Kier alpha value is -0.873. The molecule has 4 aliphatic rings. The van der Waals surface area contributed by atoms with Crippen molar-refractivity contribution in [3.05, 3.63) is 42.0 Å². The van der Waals surface area contributed by atoms with Crippen LogP contribution in [0.4, 0.5) is 0 Å². The fourth-order valence-corrected chi connectivity index (χ4v) is 14.1. The van der Waals surface area contributed by atoms with Gasteiger partial charge in [0, 0.05) is 13.5 Å². The topological polar surface area (TPSA) is 34.1 Å². The number of allylic oxidation sites excluding steroid dienone is 2. The van der Waals surface area contributed by atoms with Gasteiger partial charge in [-0.25, -0.2) is 8.42 Å². The summed E-state index contributed by atoms with van der Waals surface area (Å²) in [7, 11) is -4.89. The minimum atomic E-state index is -3.29. The van der Waals surface area contributed by atoms with Crippen LogP contribution in [0.5, 0.6) is 0 Å². The molecule has 4 bridgehead atoms. The minimum absolute atomic E-state index is 0.0206. The van der Waals surface area contributed by atoms with Gasteiger partial charge in [0.15, 0.2) is 9.84 Å². The third-order valence-corrected chi connectivity index (χ3v) is 13.1. The molecule has 25 heavy (non-hydrogen) atoms. The van der Waals surface area contributed by atoms with E-state index in [1.807, 2.05) is 30.3 Å². The van der Waals surface area contributed by atoms with E-state index in [2.05, 4.69) is 25.7 Å². The molecule has 1 aromatic carbocycles. The van der Waals surface area contributed by atoms with Gasteiger partial charge in [0.2, 0.25) is 0 Å². The van der Waals surface area contributed by atoms with Crippen LogP contribution in [-0.4, -0.2) is 21.7 Å². The van der Waals surface area contributed by atoms with Crippen LogP contribution < -0.4 is 0 Å². The van der Waals surface area contributed by atoms with Crippen LogP contribution in [0.15, 0.2) is 46.9 Å². The molecule has 4 heteroatoms. The Kier molecular flexibility index (Phi) is 3.19. The highest BCUT2D eigenvalue weighted by molar-refractivity contribution is 7.92. The Morgan fingerprint density at radius 2 is 1.80 bits per heavy atom. The average molecular weight is 373 g/mol. The van der Waals surface area contributed by atoms with E-state index in [1.165, 1.54) is 19.3 Å². The quantitative estimate of drug-likeness (QED) is 0.558. The molecular formula is C21H28O2SSi. The highest BCUT2D eigenvalue weighted by atomic mass is 32.2. The molecule has 6 unspecified atom stereocenters.